The second-order valence-electron chi connectivity index (χ2n) is 4.01. The molecular weight excluding hydrogens is 305 g/mol. The van der Waals surface area contributed by atoms with Crippen LogP contribution in [0.15, 0.2) is 40.6 Å². The lowest BCUT2D eigenvalue weighted by molar-refractivity contribution is -0.137. The Balaban J connectivity index is 2.61. The van der Waals surface area contributed by atoms with Gasteiger partial charge in [0.1, 0.15) is 0 Å². The van der Waals surface area contributed by atoms with Gasteiger partial charge < -0.3 is 10.9 Å². The van der Waals surface area contributed by atoms with Crippen molar-refractivity contribution in [2.45, 2.75) is 11.1 Å². The summed E-state index contributed by atoms with van der Waals surface area (Å²) in [5.41, 5.74) is 5.37. The van der Waals surface area contributed by atoms with Crippen LogP contribution >= 0.6 is 11.8 Å². The normalized spacial score (nSPS) is 12.7. The quantitative estimate of drug-likeness (QED) is 0.300. The van der Waals surface area contributed by atoms with E-state index in [2.05, 4.69) is 10.3 Å². The maximum absolute atomic E-state index is 12.6. The molecule has 0 radical (unpaired) electrons. The lowest BCUT2D eigenvalue weighted by Crippen LogP contribution is -2.18. The van der Waals surface area contributed by atoms with E-state index in [1.165, 1.54) is 11.8 Å². The molecule has 9 heteroatoms. The largest absolute Gasteiger partial charge is 0.419 e. The van der Waals surface area contributed by atoms with E-state index in [4.69, 9.17) is 10.9 Å². The summed E-state index contributed by atoms with van der Waals surface area (Å²) in [5.74, 6) is -0.195. The molecule has 0 fully saturated rings. The zero-order valence-corrected chi connectivity index (χ0v) is 11.6. The van der Waals surface area contributed by atoms with E-state index in [-0.39, 0.29) is 5.84 Å². The van der Waals surface area contributed by atoms with Crippen molar-refractivity contribution >= 4 is 17.6 Å². The number of nitrogens with zero attached hydrogens (tertiary/aromatic N) is 3. The Morgan fingerprint density at radius 2 is 2.14 bits per heavy atom. The van der Waals surface area contributed by atoms with Gasteiger partial charge in [0.25, 0.3) is 0 Å². The van der Waals surface area contributed by atoms with Gasteiger partial charge in [0.15, 0.2) is 5.84 Å². The minimum atomic E-state index is -4.48. The van der Waals surface area contributed by atoms with Crippen molar-refractivity contribution in [3.63, 3.8) is 0 Å². The Labute approximate surface area is 122 Å². The molecule has 0 unspecified atom stereocenters. The van der Waals surface area contributed by atoms with Crippen LogP contribution in [0.3, 0.4) is 0 Å². The van der Waals surface area contributed by atoms with E-state index in [1.807, 2.05) is 0 Å². The number of hydrogen-bond donors (Lipinski definition) is 2. The lowest BCUT2D eigenvalue weighted by atomic mass is 10.1. The summed E-state index contributed by atoms with van der Waals surface area (Å²) < 4.78 is 39.0. The lowest BCUT2D eigenvalue weighted by Gasteiger charge is -2.12. The van der Waals surface area contributed by atoms with Gasteiger partial charge >= 0.3 is 6.18 Å². The third kappa shape index (κ3) is 2.97. The molecule has 0 aliphatic carbocycles. The maximum atomic E-state index is 12.6. The van der Waals surface area contributed by atoms with Gasteiger partial charge in [0.05, 0.1) is 23.0 Å². The summed E-state index contributed by atoms with van der Waals surface area (Å²) in [4.78, 5) is 0.659. The first kappa shape index (κ1) is 15.2. The summed E-state index contributed by atoms with van der Waals surface area (Å²) in [6.45, 7) is 0. The van der Waals surface area contributed by atoms with Crippen LogP contribution in [0.4, 0.5) is 13.2 Å². The van der Waals surface area contributed by atoms with Crippen LogP contribution in [0, 0.1) is 0 Å². The number of benzene rings is 1. The molecule has 0 aliphatic heterocycles. The molecule has 3 N–H and O–H groups in total. The van der Waals surface area contributed by atoms with Crippen molar-refractivity contribution in [3.8, 4) is 5.69 Å². The van der Waals surface area contributed by atoms with Crippen LogP contribution < -0.4 is 5.73 Å². The number of amidine groups is 1. The van der Waals surface area contributed by atoms with E-state index in [1.54, 1.807) is 24.5 Å². The molecule has 0 bridgehead atoms. The summed E-state index contributed by atoms with van der Waals surface area (Å²) in [6, 6.07) is 4.92. The van der Waals surface area contributed by atoms with Crippen molar-refractivity contribution in [2.75, 3.05) is 6.26 Å². The standard InChI is InChI=1S/C12H11F3N4OS/c1-21-9-4-2-3-8(10(9)11(16)18-20)19-6-7(5-17-19)12(13,14)15/h2-6,20H,1H3,(H2,16,18). The molecule has 1 aromatic carbocycles. The van der Waals surface area contributed by atoms with Crippen LogP contribution in [0.25, 0.3) is 5.69 Å². The number of rotatable bonds is 3. The molecule has 0 atom stereocenters. The van der Waals surface area contributed by atoms with Gasteiger partial charge in [0.2, 0.25) is 0 Å². The molecule has 5 nitrogen and oxygen atoms in total. The van der Waals surface area contributed by atoms with Gasteiger partial charge in [-0.1, -0.05) is 11.2 Å². The monoisotopic (exact) mass is 316 g/mol. The average Bonchev–Trinajstić information content (AvgIpc) is 2.95. The van der Waals surface area contributed by atoms with E-state index in [0.29, 0.717) is 16.1 Å². The molecule has 0 spiro atoms. The molecule has 2 aromatic rings. The van der Waals surface area contributed by atoms with E-state index < -0.39 is 11.7 Å². The Bertz CT molecular complexity index is 681. The third-order valence-corrected chi connectivity index (χ3v) is 3.52. The second-order valence-corrected chi connectivity index (χ2v) is 4.86. The highest BCUT2D eigenvalue weighted by atomic mass is 32.2. The molecule has 0 saturated carbocycles. The van der Waals surface area contributed by atoms with Crippen LogP contribution in [-0.4, -0.2) is 27.1 Å². The predicted molar refractivity (Wildman–Crippen MR) is 72.9 cm³/mol. The topological polar surface area (TPSA) is 76.4 Å². The molecular formula is C12H11F3N4OS. The van der Waals surface area contributed by atoms with Crippen LogP contribution in [0.5, 0.6) is 0 Å². The van der Waals surface area contributed by atoms with Crippen LogP contribution in [-0.2, 0) is 6.18 Å². The summed E-state index contributed by atoms with van der Waals surface area (Å²) in [5, 5.41) is 15.5. The molecule has 0 saturated heterocycles. The number of thioether (sulfide) groups is 1. The highest BCUT2D eigenvalue weighted by Crippen LogP contribution is 2.31. The summed E-state index contributed by atoms with van der Waals surface area (Å²) >= 11 is 1.33. The van der Waals surface area contributed by atoms with Crippen molar-refractivity contribution in [2.24, 2.45) is 10.9 Å². The highest BCUT2D eigenvalue weighted by molar-refractivity contribution is 7.98. The number of halogens is 3. The summed E-state index contributed by atoms with van der Waals surface area (Å²) in [6.07, 6.45) is -1.13. The molecule has 2 rings (SSSR count). The maximum Gasteiger partial charge on any atom is 0.419 e. The molecule has 112 valence electrons. The first-order chi connectivity index (χ1) is 9.88. The Kier molecular flexibility index (Phi) is 4.12. The second kappa shape index (κ2) is 5.68. The first-order valence-electron chi connectivity index (χ1n) is 5.65. The van der Waals surface area contributed by atoms with Crippen LogP contribution in [0.1, 0.15) is 11.1 Å². The molecule has 21 heavy (non-hydrogen) atoms. The van der Waals surface area contributed by atoms with Crippen molar-refractivity contribution in [1.29, 1.82) is 0 Å². The number of alkyl halides is 3. The minimum Gasteiger partial charge on any atom is -0.409 e. The molecule has 1 heterocycles. The number of hydrogen-bond acceptors (Lipinski definition) is 4. The van der Waals surface area contributed by atoms with Crippen molar-refractivity contribution in [3.05, 3.63) is 41.7 Å². The van der Waals surface area contributed by atoms with Gasteiger partial charge in [0, 0.05) is 11.1 Å². The van der Waals surface area contributed by atoms with E-state index >= 15 is 0 Å². The molecule has 0 aliphatic rings. The number of aromatic nitrogens is 2. The van der Waals surface area contributed by atoms with Gasteiger partial charge in [-0.15, -0.1) is 11.8 Å². The van der Waals surface area contributed by atoms with Gasteiger partial charge in [-0.2, -0.15) is 18.3 Å². The predicted octanol–water partition coefficient (Wildman–Crippen LogP) is 2.71. The highest BCUT2D eigenvalue weighted by Gasteiger charge is 2.32. The van der Waals surface area contributed by atoms with Crippen molar-refractivity contribution in [1.82, 2.24) is 9.78 Å². The minimum absolute atomic E-state index is 0.195. The Morgan fingerprint density at radius 3 is 2.67 bits per heavy atom. The molecule has 1 aromatic heterocycles. The fraction of sp³-hybridized carbons (Fsp3) is 0.167. The zero-order valence-electron chi connectivity index (χ0n) is 10.8. The van der Waals surface area contributed by atoms with Crippen LogP contribution in [0.2, 0.25) is 0 Å². The SMILES string of the molecule is CSc1cccc(-n2cc(C(F)(F)F)cn2)c1/C(N)=N/O. The van der Waals surface area contributed by atoms with Gasteiger partial charge in [-0.25, -0.2) is 4.68 Å². The fourth-order valence-electron chi connectivity index (χ4n) is 1.79. The van der Waals surface area contributed by atoms with E-state index in [9.17, 15) is 13.2 Å². The number of oxime groups is 1. The number of nitrogens with two attached hydrogens (primary N) is 1. The zero-order chi connectivity index (χ0) is 15.6. The van der Waals surface area contributed by atoms with Crippen molar-refractivity contribution < 1.29 is 18.4 Å². The van der Waals surface area contributed by atoms with Gasteiger partial charge in [-0.3, -0.25) is 0 Å². The Hall–Kier alpha value is -2.16. The Morgan fingerprint density at radius 1 is 1.43 bits per heavy atom. The third-order valence-electron chi connectivity index (χ3n) is 2.74. The smallest absolute Gasteiger partial charge is 0.409 e. The fourth-order valence-corrected chi connectivity index (χ4v) is 2.42. The molecule has 0 amide bonds. The summed E-state index contributed by atoms with van der Waals surface area (Å²) in [7, 11) is 0. The first-order valence-corrected chi connectivity index (χ1v) is 6.88. The van der Waals surface area contributed by atoms with E-state index in [0.717, 1.165) is 17.1 Å². The average molecular weight is 316 g/mol. The van der Waals surface area contributed by atoms with Gasteiger partial charge in [-0.05, 0) is 18.4 Å².